The molecular weight excluding hydrogens is 483 g/mol. The summed E-state index contributed by atoms with van der Waals surface area (Å²) in [5.74, 6) is 0.881. The fourth-order valence-electron chi connectivity index (χ4n) is 5.98. The molecule has 35 heavy (non-hydrogen) atoms. The Labute approximate surface area is 218 Å². The highest BCUT2D eigenvalue weighted by Gasteiger charge is 2.52. The van der Waals surface area contributed by atoms with Crippen LogP contribution in [0.25, 0.3) is 0 Å². The van der Waals surface area contributed by atoms with Crippen molar-refractivity contribution in [1.29, 1.82) is 0 Å². The van der Waals surface area contributed by atoms with Crippen LogP contribution in [-0.4, -0.2) is 66.8 Å². The van der Waals surface area contributed by atoms with Crippen molar-refractivity contribution in [2.75, 3.05) is 33.8 Å². The molecule has 1 heterocycles. The van der Waals surface area contributed by atoms with Crippen molar-refractivity contribution in [3.63, 3.8) is 0 Å². The summed E-state index contributed by atoms with van der Waals surface area (Å²) in [7, 11) is 3.53. The largest absolute Gasteiger partial charge is 0.497 e. The van der Waals surface area contributed by atoms with Gasteiger partial charge in [0, 0.05) is 37.5 Å². The number of nitrogens with zero attached hydrogens (tertiary/aromatic N) is 2. The van der Waals surface area contributed by atoms with Crippen molar-refractivity contribution in [1.82, 2.24) is 9.80 Å². The van der Waals surface area contributed by atoms with Crippen molar-refractivity contribution in [3.8, 4) is 5.75 Å². The van der Waals surface area contributed by atoms with Gasteiger partial charge < -0.3 is 14.7 Å². The number of carbonyl (C=O) groups excluding carboxylic acids is 1. The van der Waals surface area contributed by atoms with Crippen LogP contribution in [0.15, 0.2) is 55.1 Å². The SMILES string of the molecule is C=CCN1CC[C@@]2(c3cccc(OC)c3)C[C@H](N(C)C(=O)Cc3ccc(Cl)c(Cl)c3)CC(O)[C@@H]2C1. The highest BCUT2D eigenvalue weighted by atomic mass is 35.5. The van der Waals surface area contributed by atoms with Crippen LogP contribution >= 0.6 is 23.2 Å². The predicted molar refractivity (Wildman–Crippen MR) is 141 cm³/mol. The summed E-state index contributed by atoms with van der Waals surface area (Å²) in [4.78, 5) is 17.5. The van der Waals surface area contributed by atoms with E-state index >= 15 is 0 Å². The van der Waals surface area contributed by atoms with Crippen molar-refractivity contribution >= 4 is 29.1 Å². The number of methoxy groups -OCH3 is 1. The standard InChI is InChI=1S/C28H34Cl2N2O3/c1-4-11-32-12-10-28(20-6-5-7-22(15-20)35-3)17-21(16-26(33)23(28)18-32)31(2)27(34)14-19-8-9-24(29)25(30)13-19/h4-9,13,15,21,23,26,33H,1,10-12,14,16-18H2,2-3H3/t21-,23+,26?,28+/m1/s1. The first-order valence-corrected chi connectivity index (χ1v) is 12.9. The Bertz CT molecular complexity index is 1080. The molecule has 7 heteroatoms. The number of amides is 1. The van der Waals surface area contributed by atoms with Gasteiger partial charge in [0.15, 0.2) is 0 Å². The van der Waals surface area contributed by atoms with E-state index in [0.29, 0.717) is 16.5 Å². The fourth-order valence-corrected chi connectivity index (χ4v) is 6.30. The van der Waals surface area contributed by atoms with Crippen molar-refractivity contribution in [3.05, 3.63) is 76.3 Å². The zero-order chi connectivity index (χ0) is 25.2. The molecule has 1 amide bonds. The molecule has 1 saturated carbocycles. The Balaban J connectivity index is 1.61. The number of ether oxygens (including phenoxy) is 1. The average Bonchev–Trinajstić information content (AvgIpc) is 2.86. The number of benzene rings is 2. The second-order valence-corrected chi connectivity index (χ2v) is 10.7. The van der Waals surface area contributed by atoms with Crippen LogP contribution in [-0.2, 0) is 16.6 Å². The van der Waals surface area contributed by atoms with Gasteiger partial charge in [-0.15, -0.1) is 6.58 Å². The second-order valence-electron chi connectivity index (χ2n) is 9.88. The van der Waals surface area contributed by atoms with E-state index in [-0.39, 0.29) is 29.7 Å². The van der Waals surface area contributed by atoms with Gasteiger partial charge in [0.1, 0.15) is 5.75 Å². The number of fused-ring (bicyclic) bond motifs is 1. The van der Waals surface area contributed by atoms with E-state index in [0.717, 1.165) is 43.8 Å². The number of halogens is 2. The smallest absolute Gasteiger partial charge is 0.226 e. The number of carbonyl (C=O) groups is 1. The number of aliphatic hydroxyl groups is 1. The lowest BCUT2D eigenvalue weighted by Gasteiger charge is -2.56. The summed E-state index contributed by atoms with van der Waals surface area (Å²) in [6, 6.07) is 13.4. The van der Waals surface area contributed by atoms with E-state index < -0.39 is 6.10 Å². The number of rotatable bonds is 7. The van der Waals surface area contributed by atoms with E-state index in [1.165, 1.54) is 5.56 Å². The Morgan fingerprint density at radius 2 is 2.09 bits per heavy atom. The van der Waals surface area contributed by atoms with Crippen LogP contribution in [0, 0.1) is 5.92 Å². The summed E-state index contributed by atoms with van der Waals surface area (Å²) in [5, 5.41) is 12.4. The van der Waals surface area contributed by atoms with E-state index in [4.69, 9.17) is 27.9 Å². The molecule has 2 aromatic carbocycles. The topological polar surface area (TPSA) is 53.0 Å². The van der Waals surface area contributed by atoms with Crippen LogP contribution in [0.3, 0.4) is 0 Å². The molecule has 0 spiro atoms. The lowest BCUT2D eigenvalue weighted by Crippen LogP contribution is -2.61. The Hall–Kier alpha value is -2.05. The third-order valence-electron chi connectivity index (χ3n) is 7.93. The Morgan fingerprint density at radius 1 is 1.29 bits per heavy atom. The average molecular weight is 517 g/mol. The van der Waals surface area contributed by atoms with Gasteiger partial charge in [-0.1, -0.05) is 47.5 Å². The van der Waals surface area contributed by atoms with Gasteiger partial charge >= 0.3 is 0 Å². The summed E-state index contributed by atoms with van der Waals surface area (Å²) >= 11 is 12.2. The third-order valence-corrected chi connectivity index (χ3v) is 8.67. The molecule has 0 radical (unpaired) electrons. The first kappa shape index (κ1) is 26.0. The molecule has 188 valence electrons. The highest BCUT2D eigenvalue weighted by Crippen LogP contribution is 2.50. The molecule has 2 aliphatic rings. The van der Waals surface area contributed by atoms with E-state index in [1.54, 1.807) is 19.2 Å². The van der Waals surface area contributed by atoms with E-state index in [2.05, 4.69) is 23.6 Å². The highest BCUT2D eigenvalue weighted by molar-refractivity contribution is 6.42. The molecule has 1 N–H and O–H groups in total. The minimum atomic E-state index is -0.521. The molecule has 0 bridgehead atoms. The van der Waals surface area contributed by atoms with Gasteiger partial charge in [0.2, 0.25) is 5.91 Å². The molecule has 4 rings (SSSR count). The molecule has 1 unspecified atom stereocenters. The molecule has 0 aromatic heterocycles. The molecule has 1 aliphatic carbocycles. The lowest BCUT2D eigenvalue weighted by atomic mass is 9.56. The van der Waals surface area contributed by atoms with E-state index in [9.17, 15) is 9.90 Å². The predicted octanol–water partition coefficient (Wildman–Crippen LogP) is 4.97. The van der Waals surface area contributed by atoms with E-state index in [1.807, 2.05) is 36.2 Å². The Morgan fingerprint density at radius 3 is 2.80 bits per heavy atom. The number of likely N-dealkylation sites (N-methyl/N-ethyl adjacent to an activating group) is 1. The lowest BCUT2D eigenvalue weighted by molar-refractivity contribution is -0.135. The number of aliphatic hydroxyl groups excluding tert-OH is 1. The monoisotopic (exact) mass is 516 g/mol. The van der Waals surface area contributed by atoms with Gasteiger partial charge in [-0.05, 0) is 61.2 Å². The van der Waals surface area contributed by atoms with Gasteiger partial charge in [-0.2, -0.15) is 0 Å². The zero-order valence-electron chi connectivity index (χ0n) is 20.4. The maximum absolute atomic E-state index is 13.3. The maximum Gasteiger partial charge on any atom is 0.226 e. The summed E-state index contributed by atoms with van der Waals surface area (Å²) < 4.78 is 5.53. The molecule has 5 nitrogen and oxygen atoms in total. The van der Waals surface area contributed by atoms with Crippen LogP contribution in [0.5, 0.6) is 5.75 Å². The van der Waals surface area contributed by atoms with Crippen LogP contribution in [0.2, 0.25) is 10.0 Å². The van der Waals surface area contributed by atoms with Gasteiger partial charge in [-0.25, -0.2) is 0 Å². The molecule has 1 saturated heterocycles. The normalized spacial score (nSPS) is 26.6. The number of hydrogen-bond acceptors (Lipinski definition) is 4. The molecular formula is C28H34Cl2N2O3. The Kier molecular flexibility index (Phi) is 8.12. The van der Waals surface area contributed by atoms with Crippen LogP contribution in [0.4, 0.5) is 0 Å². The van der Waals surface area contributed by atoms with Gasteiger partial charge in [0.05, 0.1) is 29.7 Å². The summed E-state index contributed by atoms with van der Waals surface area (Å²) in [6.07, 6.45) is 3.90. The van der Waals surface area contributed by atoms with Crippen molar-refractivity contribution in [2.45, 2.75) is 43.2 Å². The summed E-state index contributed by atoms with van der Waals surface area (Å²) in [6.45, 7) is 6.42. The first-order chi connectivity index (χ1) is 16.8. The minimum absolute atomic E-state index is 0.00363. The minimum Gasteiger partial charge on any atom is -0.497 e. The maximum atomic E-state index is 13.3. The first-order valence-electron chi connectivity index (χ1n) is 12.1. The van der Waals surface area contributed by atoms with Gasteiger partial charge in [-0.3, -0.25) is 9.69 Å². The number of hydrogen-bond donors (Lipinski definition) is 1. The van der Waals surface area contributed by atoms with Crippen molar-refractivity contribution in [2.24, 2.45) is 5.92 Å². The van der Waals surface area contributed by atoms with Gasteiger partial charge in [0.25, 0.3) is 0 Å². The fraction of sp³-hybridized carbons (Fsp3) is 0.464. The zero-order valence-corrected chi connectivity index (χ0v) is 21.9. The molecule has 2 aromatic rings. The molecule has 4 atom stereocenters. The molecule has 2 fully saturated rings. The number of likely N-dealkylation sites (tertiary alicyclic amines) is 1. The van der Waals surface area contributed by atoms with Crippen LogP contribution < -0.4 is 4.74 Å². The summed E-state index contributed by atoms with van der Waals surface area (Å²) in [5.41, 5.74) is 1.76. The van der Waals surface area contributed by atoms with Crippen molar-refractivity contribution < 1.29 is 14.6 Å². The number of piperidine rings is 1. The second kappa shape index (κ2) is 10.9. The van der Waals surface area contributed by atoms with Crippen LogP contribution in [0.1, 0.15) is 30.4 Å². The quantitative estimate of drug-likeness (QED) is 0.527. The third kappa shape index (κ3) is 5.39. The molecule has 1 aliphatic heterocycles.